The number of phosphoric acid groups is 1. The summed E-state index contributed by atoms with van der Waals surface area (Å²) in [5.74, 6) is -0.815. The highest BCUT2D eigenvalue weighted by Crippen LogP contribution is 2.43. The maximum Gasteiger partial charge on any atom is 0.472 e. The van der Waals surface area contributed by atoms with Crippen molar-refractivity contribution in [2.45, 2.75) is 187 Å². The van der Waals surface area contributed by atoms with Crippen LogP contribution in [0.2, 0.25) is 0 Å². The van der Waals surface area contributed by atoms with Gasteiger partial charge in [0.05, 0.1) is 27.7 Å². The number of esters is 2. The summed E-state index contributed by atoms with van der Waals surface area (Å²) >= 11 is 0. The quantitative estimate of drug-likeness (QED) is 0.0216. The van der Waals surface area contributed by atoms with Crippen molar-refractivity contribution in [3.63, 3.8) is 0 Å². The van der Waals surface area contributed by atoms with Crippen LogP contribution < -0.4 is 0 Å². The van der Waals surface area contributed by atoms with Crippen LogP contribution in [0.3, 0.4) is 0 Å². The van der Waals surface area contributed by atoms with Crippen molar-refractivity contribution in [3.05, 3.63) is 36.5 Å². The molecule has 0 aliphatic carbocycles. The molecule has 0 fully saturated rings. The zero-order chi connectivity index (χ0) is 40.0. The Morgan fingerprint density at radius 2 is 1.06 bits per heavy atom. The highest BCUT2D eigenvalue weighted by atomic mass is 31.2. The molecule has 2 atom stereocenters. The second-order valence-corrected chi connectivity index (χ2v) is 17.2. The molecule has 0 aromatic carbocycles. The van der Waals surface area contributed by atoms with Gasteiger partial charge in [-0.1, -0.05) is 159 Å². The fourth-order valence-electron chi connectivity index (χ4n) is 5.79. The van der Waals surface area contributed by atoms with Gasteiger partial charge in [-0.15, -0.1) is 0 Å². The topological polar surface area (TPSA) is 108 Å². The summed E-state index contributed by atoms with van der Waals surface area (Å²) in [6.45, 7) is 4.29. The van der Waals surface area contributed by atoms with Gasteiger partial charge < -0.3 is 18.9 Å². The summed E-state index contributed by atoms with van der Waals surface area (Å²) in [6.07, 6.45) is 40.4. The van der Waals surface area contributed by atoms with Gasteiger partial charge in [0.15, 0.2) is 6.10 Å². The highest BCUT2D eigenvalue weighted by Gasteiger charge is 2.27. The number of carbonyl (C=O) groups is 2. The fraction of sp³-hybridized carbons (Fsp3) is 0.818. The molecule has 0 bridgehead atoms. The summed E-state index contributed by atoms with van der Waals surface area (Å²) in [4.78, 5) is 35.3. The predicted octanol–water partition coefficient (Wildman–Crippen LogP) is 12.1. The molecular formula is C44H83NO8P+. The summed E-state index contributed by atoms with van der Waals surface area (Å²) < 4.78 is 34.3. The van der Waals surface area contributed by atoms with Crippen LogP contribution in [0.15, 0.2) is 36.5 Å². The molecule has 0 spiro atoms. The van der Waals surface area contributed by atoms with Gasteiger partial charge in [0.25, 0.3) is 0 Å². The summed E-state index contributed by atoms with van der Waals surface area (Å²) in [6, 6.07) is 0. The monoisotopic (exact) mass is 785 g/mol. The van der Waals surface area contributed by atoms with Crippen LogP contribution in [-0.2, 0) is 32.7 Å². The van der Waals surface area contributed by atoms with Gasteiger partial charge in [-0.25, -0.2) is 4.57 Å². The Morgan fingerprint density at radius 3 is 1.57 bits per heavy atom. The third-order valence-corrected chi connectivity index (χ3v) is 10.2. The number of hydrogen-bond donors (Lipinski definition) is 1. The number of allylic oxidation sites excluding steroid dienone is 6. The normalized spacial score (nSPS) is 14.0. The standard InChI is InChI=1S/C44H82NO8P/c1-6-8-10-12-14-16-18-20-22-24-26-28-30-32-34-36-43(46)50-40-42(41-52-54(48,49)51-39-38-45(3,4)5)53-44(47)37-35-33-31-29-27-25-23-21-19-17-15-13-11-9-7-2/h9,11,15,17,21,23,42H,6-8,10,12-14,16,18-20,22,24-41H2,1-5H3/p+1/b11-9-,17-15-,23-21-. The Balaban J connectivity index is 4.38. The van der Waals surface area contributed by atoms with Crippen molar-refractivity contribution in [2.24, 2.45) is 0 Å². The van der Waals surface area contributed by atoms with Gasteiger partial charge >= 0.3 is 19.8 Å². The highest BCUT2D eigenvalue weighted by molar-refractivity contribution is 7.47. The average Bonchev–Trinajstić information content (AvgIpc) is 3.12. The molecule has 1 N–H and O–H groups in total. The molecule has 0 saturated carbocycles. The van der Waals surface area contributed by atoms with E-state index in [1.165, 1.54) is 77.0 Å². The van der Waals surface area contributed by atoms with Gasteiger partial charge in [-0.05, 0) is 44.9 Å². The van der Waals surface area contributed by atoms with E-state index in [-0.39, 0.29) is 32.0 Å². The molecule has 0 rings (SSSR count). The van der Waals surface area contributed by atoms with Crippen LogP contribution >= 0.6 is 7.82 Å². The molecule has 0 aromatic rings. The smallest absolute Gasteiger partial charge is 0.462 e. The van der Waals surface area contributed by atoms with Gasteiger partial charge in [0.1, 0.15) is 19.8 Å². The Bertz CT molecular complexity index is 1020. The first-order valence-corrected chi connectivity index (χ1v) is 23.2. The minimum absolute atomic E-state index is 0.0286. The maximum absolute atomic E-state index is 12.7. The van der Waals surface area contributed by atoms with Crippen molar-refractivity contribution in [1.29, 1.82) is 0 Å². The number of quaternary nitrogens is 1. The molecule has 54 heavy (non-hydrogen) atoms. The summed E-state index contributed by atoms with van der Waals surface area (Å²) in [5.41, 5.74) is 0. The van der Waals surface area contributed by atoms with E-state index >= 15 is 0 Å². The lowest BCUT2D eigenvalue weighted by molar-refractivity contribution is -0.870. The van der Waals surface area contributed by atoms with Crippen LogP contribution in [0, 0.1) is 0 Å². The third kappa shape index (κ3) is 39.9. The number of carbonyl (C=O) groups excluding carboxylic acids is 2. The van der Waals surface area contributed by atoms with E-state index in [0.717, 1.165) is 70.6 Å². The van der Waals surface area contributed by atoms with E-state index in [0.29, 0.717) is 17.4 Å². The SMILES string of the molecule is CC/C=C\C/C=C\C/C=C\CCCCCCCC(=O)OC(COC(=O)CCCCCCCCCCCCCCCCC)COP(=O)(O)OCC[N+](C)(C)C. The maximum atomic E-state index is 12.7. The molecule has 316 valence electrons. The minimum Gasteiger partial charge on any atom is -0.462 e. The van der Waals surface area contributed by atoms with E-state index in [9.17, 15) is 19.0 Å². The first-order chi connectivity index (χ1) is 26.0. The first-order valence-electron chi connectivity index (χ1n) is 21.7. The van der Waals surface area contributed by atoms with E-state index in [2.05, 4.69) is 50.3 Å². The van der Waals surface area contributed by atoms with E-state index in [1.54, 1.807) is 0 Å². The van der Waals surface area contributed by atoms with Gasteiger partial charge in [-0.3, -0.25) is 18.6 Å². The fourth-order valence-corrected chi connectivity index (χ4v) is 6.53. The molecular weight excluding hydrogens is 701 g/mol. The molecule has 0 aliphatic rings. The van der Waals surface area contributed by atoms with Crippen molar-refractivity contribution in [3.8, 4) is 0 Å². The lowest BCUT2D eigenvalue weighted by Gasteiger charge is -2.24. The number of nitrogens with zero attached hydrogens (tertiary/aromatic N) is 1. The number of hydrogen-bond acceptors (Lipinski definition) is 7. The van der Waals surface area contributed by atoms with E-state index < -0.39 is 26.5 Å². The molecule has 0 heterocycles. The van der Waals surface area contributed by atoms with Crippen molar-refractivity contribution in [1.82, 2.24) is 0 Å². The Morgan fingerprint density at radius 1 is 0.593 bits per heavy atom. The predicted molar refractivity (Wildman–Crippen MR) is 224 cm³/mol. The zero-order valence-electron chi connectivity index (χ0n) is 35.5. The Hall–Kier alpha value is -1.77. The average molecular weight is 785 g/mol. The zero-order valence-corrected chi connectivity index (χ0v) is 36.3. The van der Waals surface area contributed by atoms with Crippen LogP contribution in [0.5, 0.6) is 0 Å². The molecule has 9 nitrogen and oxygen atoms in total. The molecule has 0 aromatic heterocycles. The summed E-state index contributed by atoms with van der Waals surface area (Å²) in [7, 11) is 1.46. The Kier molecular flexibility index (Phi) is 35.6. The number of likely N-dealkylation sites (N-methyl/N-ethyl adjacent to an activating group) is 1. The van der Waals surface area contributed by atoms with E-state index in [4.69, 9.17) is 18.5 Å². The lowest BCUT2D eigenvalue weighted by atomic mass is 10.0. The van der Waals surface area contributed by atoms with Gasteiger partial charge in [0, 0.05) is 12.8 Å². The molecule has 0 radical (unpaired) electrons. The van der Waals surface area contributed by atoms with E-state index in [1.807, 2.05) is 21.1 Å². The second kappa shape index (κ2) is 36.8. The molecule has 0 amide bonds. The number of rotatable bonds is 39. The number of ether oxygens (including phenoxy) is 2. The van der Waals surface area contributed by atoms with Crippen LogP contribution in [0.1, 0.15) is 181 Å². The largest absolute Gasteiger partial charge is 0.472 e. The third-order valence-electron chi connectivity index (χ3n) is 9.18. The summed E-state index contributed by atoms with van der Waals surface area (Å²) in [5, 5.41) is 0. The van der Waals surface area contributed by atoms with Crippen LogP contribution in [0.25, 0.3) is 0 Å². The van der Waals surface area contributed by atoms with Crippen LogP contribution in [-0.4, -0.2) is 74.9 Å². The van der Waals surface area contributed by atoms with Crippen molar-refractivity contribution in [2.75, 3.05) is 47.5 Å². The van der Waals surface area contributed by atoms with Gasteiger partial charge in [0.2, 0.25) is 0 Å². The minimum atomic E-state index is -4.38. The molecule has 2 unspecified atom stereocenters. The Labute approximate surface area is 331 Å². The second-order valence-electron chi connectivity index (χ2n) is 15.7. The van der Waals surface area contributed by atoms with Crippen molar-refractivity contribution >= 4 is 19.8 Å². The van der Waals surface area contributed by atoms with Crippen molar-refractivity contribution < 1.29 is 42.1 Å². The van der Waals surface area contributed by atoms with Gasteiger partial charge in [-0.2, -0.15) is 0 Å². The number of phosphoric ester groups is 1. The first kappa shape index (κ1) is 52.2. The molecule has 0 saturated heterocycles. The molecule has 10 heteroatoms. The number of unbranched alkanes of at least 4 members (excludes halogenated alkanes) is 19. The van der Waals surface area contributed by atoms with Crippen LogP contribution in [0.4, 0.5) is 0 Å². The molecule has 0 aliphatic heterocycles. The lowest BCUT2D eigenvalue weighted by Crippen LogP contribution is -2.37.